The van der Waals surface area contributed by atoms with Gasteiger partial charge < -0.3 is 18.9 Å². The van der Waals surface area contributed by atoms with Crippen molar-refractivity contribution >= 4 is 10.0 Å². The zero-order valence-electron chi connectivity index (χ0n) is 13.0. The maximum absolute atomic E-state index is 12.2. The lowest BCUT2D eigenvalue weighted by Crippen LogP contribution is -2.28. The molecule has 0 unspecified atom stereocenters. The summed E-state index contributed by atoms with van der Waals surface area (Å²) in [5, 5.41) is 0. The number of ether oxygens (including phenoxy) is 4. The summed E-state index contributed by atoms with van der Waals surface area (Å²) in [6, 6.07) is 11.5. The second-order valence-corrected chi connectivity index (χ2v) is 6.70. The molecule has 1 heterocycles. The fourth-order valence-electron chi connectivity index (χ4n) is 2.14. The van der Waals surface area contributed by atoms with Crippen LogP contribution in [0.1, 0.15) is 0 Å². The van der Waals surface area contributed by atoms with Gasteiger partial charge in [-0.1, -0.05) is 0 Å². The third-order valence-electron chi connectivity index (χ3n) is 3.38. The van der Waals surface area contributed by atoms with Crippen molar-refractivity contribution in [3.63, 3.8) is 0 Å². The van der Waals surface area contributed by atoms with Gasteiger partial charge in [-0.25, -0.2) is 13.1 Å². The lowest BCUT2D eigenvalue weighted by atomic mass is 10.3. The Morgan fingerprint density at radius 1 is 1.04 bits per heavy atom. The van der Waals surface area contributed by atoms with E-state index in [1.165, 1.54) is 12.1 Å². The zero-order chi connectivity index (χ0) is 17.0. The predicted molar refractivity (Wildman–Crippen MR) is 86.2 cm³/mol. The minimum absolute atomic E-state index is 0.0992. The molecular weight excluding hydrogens is 334 g/mol. The number of hydrogen-bond acceptors (Lipinski definition) is 6. The Hall–Kier alpha value is -2.45. The van der Waals surface area contributed by atoms with E-state index in [1.54, 1.807) is 37.4 Å². The van der Waals surface area contributed by atoms with Gasteiger partial charge in [0.25, 0.3) is 0 Å². The monoisotopic (exact) mass is 351 g/mol. The van der Waals surface area contributed by atoms with Crippen LogP contribution in [0.15, 0.2) is 47.4 Å². The van der Waals surface area contributed by atoms with Crippen LogP contribution in [0, 0.1) is 0 Å². The summed E-state index contributed by atoms with van der Waals surface area (Å²) in [5.74, 6) is 2.33. The SMILES string of the molecule is COc1ccc(OCCNS(=O)(=O)c2ccc3c(c2)OCO3)cc1. The fourth-order valence-corrected chi connectivity index (χ4v) is 3.17. The van der Waals surface area contributed by atoms with E-state index in [2.05, 4.69) is 4.72 Å². The normalized spacial score (nSPS) is 12.9. The van der Waals surface area contributed by atoms with Gasteiger partial charge in [0.15, 0.2) is 11.5 Å². The zero-order valence-corrected chi connectivity index (χ0v) is 13.8. The van der Waals surface area contributed by atoms with Gasteiger partial charge in [0.05, 0.1) is 12.0 Å². The Labute approximate surface area is 140 Å². The van der Waals surface area contributed by atoms with Gasteiger partial charge in [0.1, 0.15) is 18.1 Å². The predicted octanol–water partition coefficient (Wildman–Crippen LogP) is 1.78. The molecule has 7 nitrogen and oxygen atoms in total. The van der Waals surface area contributed by atoms with Gasteiger partial charge in [-0.2, -0.15) is 0 Å². The van der Waals surface area contributed by atoms with Crippen LogP contribution < -0.4 is 23.7 Å². The number of rotatable bonds is 7. The first-order valence-corrected chi connectivity index (χ1v) is 8.73. The molecule has 0 fully saturated rings. The number of methoxy groups -OCH3 is 1. The van der Waals surface area contributed by atoms with Crippen LogP contribution in [0.25, 0.3) is 0 Å². The van der Waals surface area contributed by atoms with Gasteiger partial charge >= 0.3 is 0 Å². The first kappa shape index (κ1) is 16.4. The van der Waals surface area contributed by atoms with Crippen molar-refractivity contribution in [3.05, 3.63) is 42.5 Å². The Balaban J connectivity index is 1.53. The van der Waals surface area contributed by atoms with Crippen molar-refractivity contribution < 1.29 is 27.4 Å². The standard InChI is InChI=1S/C16H17NO6S/c1-20-12-2-4-13(5-3-12)21-9-8-17-24(18,19)14-6-7-15-16(10-14)23-11-22-15/h2-7,10,17H,8-9,11H2,1H3. The van der Waals surface area contributed by atoms with E-state index in [9.17, 15) is 8.42 Å². The van der Waals surface area contributed by atoms with E-state index in [1.807, 2.05) is 0 Å². The molecule has 24 heavy (non-hydrogen) atoms. The summed E-state index contributed by atoms with van der Waals surface area (Å²) in [5.41, 5.74) is 0. The first-order valence-electron chi connectivity index (χ1n) is 7.25. The van der Waals surface area contributed by atoms with Crippen LogP contribution in [-0.2, 0) is 10.0 Å². The Morgan fingerprint density at radius 3 is 2.50 bits per heavy atom. The Bertz CT molecular complexity index is 804. The van der Waals surface area contributed by atoms with Gasteiger partial charge in [0, 0.05) is 12.6 Å². The summed E-state index contributed by atoms with van der Waals surface area (Å²) < 4.78 is 47.9. The van der Waals surface area contributed by atoms with E-state index in [0.29, 0.717) is 17.2 Å². The van der Waals surface area contributed by atoms with Crippen LogP contribution in [0.4, 0.5) is 0 Å². The molecule has 0 saturated heterocycles. The maximum Gasteiger partial charge on any atom is 0.240 e. The molecular formula is C16H17NO6S. The molecule has 3 rings (SSSR count). The summed E-state index contributed by atoms with van der Waals surface area (Å²) >= 11 is 0. The van der Waals surface area contributed by atoms with Crippen molar-refractivity contribution in [2.75, 3.05) is 27.1 Å². The van der Waals surface area contributed by atoms with Crippen LogP contribution in [0.3, 0.4) is 0 Å². The molecule has 1 aliphatic heterocycles. The summed E-state index contributed by atoms with van der Waals surface area (Å²) in [4.78, 5) is 0.121. The lowest BCUT2D eigenvalue weighted by molar-refractivity contribution is 0.174. The highest BCUT2D eigenvalue weighted by molar-refractivity contribution is 7.89. The molecule has 128 valence electrons. The fraction of sp³-hybridized carbons (Fsp3) is 0.250. The van der Waals surface area contributed by atoms with E-state index in [-0.39, 0.29) is 24.8 Å². The smallest absolute Gasteiger partial charge is 0.240 e. The lowest BCUT2D eigenvalue weighted by Gasteiger charge is -2.09. The summed E-state index contributed by atoms with van der Waals surface area (Å²) in [7, 11) is -2.05. The maximum atomic E-state index is 12.2. The van der Waals surface area contributed by atoms with Gasteiger partial charge in [-0.15, -0.1) is 0 Å². The van der Waals surface area contributed by atoms with E-state index < -0.39 is 10.0 Å². The van der Waals surface area contributed by atoms with Crippen molar-refractivity contribution in [3.8, 4) is 23.0 Å². The molecule has 0 aliphatic carbocycles. The average molecular weight is 351 g/mol. The third kappa shape index (κ3) is 3.72. The van der Waals surface area contributed by atoms with Crippen LogP contribution in [-0.4, -0.2) is 35.5 Å². The van der Waals surface area contributed by atoms with Crippen LogP contribution in [0.5, 0.6) is 23.0 Å². The molecule has 2 aromatic carbocycles. The molecule has 0 radical (unpaired) electrons. The van der Waals surface area contributed by atoms with Crippen molar-refractivity contribution in [1.82, 2.24) is 4.72 Å². The summed E-state index contributed by atoms with van der Waals surface area (Å²) in [6.45, 7) is 0.445. The quantitative estimate of drug-likeness (QED) is 0.766. The molecule has 0 aromatic heterocycles. The topological polar surface area (TPSA) is 83.1 Å². The third-order valence-corrected chi connectivity index (χ3v) is 4.84. The number of hydrogen-bond donors (Lipinski definition) is 1. The average Bonchev–Trinajstić information content (AvgIpc) is 3.07. The van der Waals surface area contributed by atoms with Gasteiger partial charge in [-0.3, -0.25) is 0 Å². The van der Waals surface area contributed by atoms with Crippen molar-refractivity contribution in [2.24, 2.45) is 0 Å². The minimum Gasteiger partial charge on any atom is -0.497 e. The highest BCUT2D eigenvalue weighted by atomic mass is 32.2. The van der Waals surface area contributed by atoms with Crippen LogP contribution in [0.2, 0.25) is 0 Å². The second kappa shape index (κ2) is 6.98. The largest absolute Gasteiger partial charge is 0.497 e. The molecule has 0 amide bonds. The van der Waals surface area contributed by atoms with Gasteiger partial charge in [-0.05, 0) is 36.4 Å². The minimum atomic E-state index is -3.63. The second-order valence-electron chi connectivity index (χ2n) is 4.94. The molecule has 1 N–H and O–H groups in total. The van der Waals surface area contributed by atoms with E-state index >= 15 is 0 Å². The molecule has 0 bridgehead atoms. The highest BCUT2D eigenvalue weighted by Gasteiger charge is 2.19. The van der Waals surface area contributed by atoms with E-state index in [0.717, 1.165) is 5.75 Å². The van der Waals surface area contributed by atoms with Crippen molar-refractivity contribution in [1.29, 1.82) is 0 Å². The molecule has 0 atom stereocenters. The Morgan fingerprint density at radius 2 is 1.75 bits per heavy atom. The van der Waals surface area contributed by atoms with Gasteiger partial charge in [0.2, 0.25) is 16.8 Å². The molecule has 1 aliphatic rings. The number of benzene rings is 2. The van der Waals surface area contributed by atoms with Crippen LogP contribution >= 0.6 is 0 Å². The summed E-state index contributed by atoms with van der Waals surface area (Å²) in [6.07, 6.45) is 0. The molecule has 2 aromatic rings. The highest BCUT2D eigenvalue weighted by Crippen LogP contribution is 2.33. The Kier molecular flexibility index (Phi) is 4.77. The molecule has 0 saturated carbocycles. The molecule has 0 spiro atoms. The number of fused-ring (bicyclic) bond motifs is 1. The van der Waals surface area contributed by atoms with E-state index in [4.69, 9.17) is 18.9 Å². The van der Waals surface area contributed by atoms with Crippen molar-refractivity contribution in [2.45, 2.75) is 4.90 Å². The number of sulfonamides is 1. The number of nitrogens with one attached hydrogen (secondary N) is 1. The molecule has 8 heteroatoms. The first-order chi connectivity index (χ1) is 11.6.